The van der Waals surface area contributed by atoms with Gasteiger partial charge in [0, 0.05) is 18.8 Å². The molecular weight excluding hydrogens is 233 g/mol. The van der Waals surface area contributed by atoms with Gasteiger partial charge in [0.1, 0.15) is 5.82 Å². The SMILES string of the molecule is CCNc1nnc(-c2c(N)cccc2F)n1CC. The summed E-state index contributed by atoms with van der Waals surface area (Å²) in [5.74, 6) is 0.682. The third kappa shape index (κ3) is 2.01. The molecule has 0 atom stereocenters. The van der Waals surface area contributed by atoms with Crippen molar-refractivity contribution in [2.24, 2.45) is 0 Å². The summed E-state index contributed by atoms with van der Waals surface area (Å²) < 4.78 is 15.7. The summed E-state index contributed by atoms with van der Waals surface area (Å²) in [4.78, 5) is 0. The van der Waals surface area contributed by atoms with E-state index in [1.165, 1.54) is 6.07 Å². The number of nitrogen functional groups attached to an aromatic ring is 1. The molecule has 2 rings (SSSR count). The molecule has 1 aromatic heterocycles. The van der Waals surface area contributed by atoms with Crippen molar-refractivity contribution in [1.29, 1.82) is 0 Å². The molecular formula is C12H16FN5. The quantitative estimate of drug-likeness (QED) is 0.814. The van der Waals surface area contributed by atoms with E-state index in [9.17, 15) is 4.39 Å². The Morgan fingerprint density at radius 3 is 2.72 bits per heavy atom. The molecule has 0 saturated carbocycles. The van der Waals surface area contributed by atoms with Crippen molar-refractivity contribution in [3.05, 3.63) is 24.0 Å². The number of nitrogens with two attached hydrogens (primary N) is 1. The molecule has 0 spiro atoms. The van der Waals surface area contributed by atoms with Crippen LogP contribution in [0, 0.1) is 5.82 Å². The van der Waals surface area contributed by atoms with Crippen molar-refractivity contribution in [1.82, 2.24) is 14.8 Å². The topological polar surface area (TPSA) is 68.8 Å². The Morgan fingerprint density at radius 1 is 1.33 bits per heavy atom. The molecule has 5 nitrogen and oxygen atoms in total. The van der Waals surface area contributed by atoms with Gasteiger partial charge in [0.25, 0.3) is 0 Å². The van der Waals surface area contributed by atoms with E-state index in [2.05, 4.69) is 15.5 Å². The van der Waals surface area contributed by atoms with E-state index < -0.39 is 0 Å². The number of hydrogen-bond acceptors (Lipinski definition) is 4. The summed E-state index contributed by atoms with van der Waals surface area (Å²) >= 11 is 0. The van der Waals surface area contributed by atoms with Crippen molar-refractivity contribution in [3.8, 4) is 11.4 Å². The first-order valence-electron chi connectivity index (χ1n) is 5.90. The Kier molecular flexibility index (Phi) is 3.45. The van der Waals surface area contributed by atoms with Crippen LogP contribution in [-0.2, 0) is 6.54 Å². The lowest BCUT2D eigenvalue weighted by Gasteiger charge is -2.10. The maximum absolute atomic E-state index is 13.9. The second kappa shape index (κ2) is 5.03. The first-order chi connectivity index (χ1) is 8.69. The van der Waals surface area contributed by atoms with Crippen LogP contribution in [0.3, 0.4) is 0 Å². The predicted octanol–water partition coefficient (Wildman–Crippen LogP) is 2.12. The van der Waals surface area contributed by atoms with Crippen molar-refractivity contribution in [2.75, 3.05) is 17.6 Å². The molecule has 0 unspecified atom stereocenters. The maximum atomic E-state index is 13.9. The van der Waals surface area contributed by atoms with Crippen LogP contribution in [0.25, 0.3) is 11.4 Å². The lowest BCUT2D eigenvalue weighted by Crippen LogP contribution is -2.08. The Balaban J connectivity index is 2.57. The minimum Gasteiger partial charge on any atom is -0.398 e. The van der Waals surface area contributed by atoms with Crippen LogP contribution in [-0.4, -0.2) is 21.3 Å². The average Bonchev–Trinajstić information content (AvgIpc) is 2.72. The Labute approximate surface area is 105 Å². The zero-order valence-electron chi connectivity index (χ0n) is 10.4. The van der Waals surface area contributed by atoms with E-state index in [1.807, 2.05) is 13.8 Å². The number of nitrogens with one attached hydrogen (secondary N) is 1. The first-order valence-corrected chi connectivity index (χ1v) is 5.90. The van der Waals surface area contributed by atoms with Gasteiger partial charge in [-0.05, 0) is 26.0 Å². The van der Waals surface area contributed by atoms with Gasteiger partial charge in [-0.15, -0.1) is 10.2 Å². The highest BCUT2D eigenvalue weighted by atomic mass is 19.1. The highest BCUT2D eigenvalue weighted by molar-refractivity contribution is 5.72. The number of benzene rings is 1. The van der Waals surface area contributed by atoms with Crippen molar-refractivity contribution < 1.29 is 4.39 Å². The fourth-order valence-electron chi connectivity index (χ4n) is 1.85. The van der Waals surface area contributed by atoms with Crippen molar-refractivity contribution >= 4 is 11.6 Å². The number of hydrogen-bond donors (Lipinski definition) is 2. The molecule has 1 aromatic carbocycles. The molecule has 0 bridgehead atoms. The fraction of sp³-hybridized carbons (Fsp3) is 0.333. The van der Waals surface area contributed by atoms with E-state index in [0.717, 1.165) is 6.54 Å². The van der Waals surface area contributed by atoms with Crippen LogP contribution in [0.15, 0.2) is 18.2 Å². The molecule has 0 fully saturated rings. The van der Waals surface area contributed by atoms with Gasteiger partial charge in [-0.25, -0.2) is 4.39 Å². The smallest absolute Gasteiger partial charge is 0.224 e. The molecule has 6 heteroatoms. The van der Waals surface area contributed by atoms with Crippen LogP contribution < -0.4 is 11.1 Å². The Bertz CT molecular complexity index is 529. The molecule has 0 aliphatic rings. The van der Waals surface area contributed by atoms with Crippen molar-refractivity contribution in [2.45, 2.75) is 20.4 Å². The number of aromatic nitrogens is 3. The zero-order chi connectivity index (χ0) is 13.1. The van der Waals surface area contributed by atoms with Crippen LogP contribution >= 0.6 is 0 Å². The number of anilines is 2. The molecule has 0 aliphatic heterocycles. The number of rotatable bonds is 4. The number of halogens is 1. The second-order valence-corrected chi connectivity index (χ2v) is 3.83. The molecule has 3 N–H and O–H groups in total. The maximum Gasteiger partial charge on any atom is 0.224 e. The largest absolute Gasteiger partial charge is 0.398 e. The lowest BCUT2D eigenvalue weighted by atomic mass is 10.1. The van der Waals surface area contributed by atoms with Gasteiger partial charge >= 0.3 is 0 Å². The summed E-state index contributed by atoms with van der Waals surface area (Å²) in [6.45, 7) is 5.28. The lowest BCUT2D eigenvalue weighted by molar-refractivity contribution is 0.628. The highest BCUT2D eigenvalue weighted by Crippen LogP contribution is 2.28. The van der Waals surface area contributed by atoms with Crippen molar-refractivity contribution in [3.63, 3.8) is 0 Å². The normalized spacial score (nSPS) is 10.6. The van der Waals surface area contributed by atoms with Gasteiger partial charge in [-0.3, -0.25) is 4.57 Å². The van der Waals surface area contributed by atoms with Gasteiger partial charge in [0.05, 0.1) is 5.56 Å². The van der Waals surface area contributed by atoms with Gasteiger partial charge in [0.15, 0.2) is 5.82 Å². The molecule has 0 radical (unpaired) electrons. The molecule has 96 valence electrons. The standard InChI is InChI=1S/C12H16FN5/c1-3-15-12-17-16-11(18(12)4-2)10-8(13)6-5-7-9(10)14/h5-7H,3-4,14H2,1-2H3,(H,15,17). The van der Waals surface area contributed by atoms with E-state index in [1.54, 1.807) is 16.7 Å². The molecule has 18 heavy (non-hydrogen) atoms. The molecule has 0 saturated heterocycles. The molecule has 1 heterocycles. The van der Waals surface area contributed by atoms with Crippen LogP contribution in [0.5, 0.6) is 0 Å². The summed E-state index contributed by atoms with van der Waals surface area (Å²) in [7, 11) is 0. The predicted molar refractivity (Wildman–Crippen MR) is 69.7 cm³/mol. The van der Waals surface area contributed by atoms with Crippen LogP contribution in [0.2, 0.25) is 0 Å². The number of nitrogens with zero attached hydrogens (tertiary/aromatic N) is 3. The highest BCUT2D eigenvalue weighted by Gasteiger charge is 2.17. The molecule has 0 amide bonds. The van der Waals surface area contributed by atoms with Gasteiger partial charge in [0.2, 0.25) is 5.95 Å². The van der Waals surface area contributed by atoms with E-state index in [4.69, 9.17) is 5.73 Å². The minimum atomic E-state index is -0.389. The second-order valence-electron chi connectivity index (χ2n) is 3.83. The van der Waals surface area contributed by atoms with E-state index in [-0.39, 0.29) is 5.82 Å². The molecule has 0 aliphatic carbocycles. The van der Waals surface area contributed by atoms with Gasteiger partial charge in [-0.1, -0.05) is 6.07 Å². The average molecular weight is 249 g/mol. The van der Waals surface area contributed by atoms with Gasteiger partial charge in [-0.2, -0.15) is 0 Å². The summed E-state index contributed by atoms with van der Waals surface area (Å²) in [5, 5.41) is 11.1. The first kappa shape index (κ1) is 12.3. The Hall–Kier alpha value is -2.11. The van der Waals surface area contributed by atoms with Gasteiger partial charge < -0.3 is 11.1 Å². The molecule has 2 aromatic rings. The monoisotopic (exact) mass is 249 g/mol. The third-order valence-corrected chi connectivity index (χ3v) is 2.67. The van der Waals surface area contributed by atoms with Crippen LogP contribution in [0.1, 0.15) is 13.8 Å². The summed E-state index contributed by atoms with van der Waals surface area (Å²) in [6.07, 6.45) is 0. The third-order valence-electron chi connectivity index (χ3n) is 2.67. The van der Waals surface area contributed by atoms with Crippen LogP contribution in [0.4, 0.5) is 16.0 Å². The minimum absolute atomic E-state index is 0.302. The fourth-order valence-corrected chi connectivity index (χ4v) is 1.85. The summed E-state index contributed by atoms with van der Waals surface area (Å²) in [6, 6.07) is 4.60. The van der Waals surface area contributed by atoms with E-state index in [0.29, 0.717) is 29.6 Å². The summed E-state index contributed by atoms with van der Waals surface area (Å²) in [5.41, 5.74) is 6.48. The van der Waals surface area contributed by atoms with E-state index >= 15 is 0 Å². The zero-order valence-corrected chi connectivity index (χ0v) is 10.4. The Morgan fingerprint density at radius 2 is 2.11 bits per heavy atom.